The number of aryl methyl sites for hydroxylation is 1. The maximum Gasteiger partial charge on any atom is 0.338 e. The number of esters is 1. The molecule has 3 rings (SSSR count). The Bertz CT molecular complexity index is 983. The number of pyridine rings is 1. The van der Waals surface area contributed by atoms with Crippen molar-refractivity contribution in [1.29, 1.82) is 0 Å². The molecule has 2 N–H and O–H groups in total. The van der Waals surface area contributed by atoms with Crippen molar-refractivity contribution in [2.45, 2.75) is 20.3 Å². The first-order chi connectivity index (χ1) is 14.1. The summed E-state index contributed by atoms with van der Waals surface area (Å²) in [6, 6.07) is 18.1. The topological polar surface area (TPSA) is 80.3 Å². The Kier molecular flexibility index (Phi) is 6.58. The highest BCUT2D eigenvalue weighted by molar-refractivity contribution is 6.04. The first-order valence-electron chi connectivity index (χ1n) is 9.50. The summed E-state index contributed by atoms with van der Waals surface area (Å²) >= 11 is 0. The van der Waals surface area contributed by atoms with Crippen molar-refractivity contribution in [2.24, 2.45) is 0 Å². The summed E-state index contributed by atoms with van der Waals surface area (Å²) in [6.45, 7) is 4.16. The Labute approximate surface area is 169 Å². The van der Waals surface area contributed by atoms with Crippen LogP contribution in [0.4, 0.5) is 17.2 Å². The van der Waals surface area contributed by atoms with E-state index in [1.165, 1.54) is 6.20 Å². The van der Waals surface area contributed by atoms with Crippen molar-refractivity contribution in [3.05, 3.63) is 83.6 Å². The highest BCUT2D eigenvalue weighted by Crippen LogP contribution is 2.18. The number of ether oxygens (including phenoxy) is 1. The predicted octanol–water partition coefficient (Wildman–Crippen LogP) is 4.82. The van der Waals surface area contributed by atoms with Gasteiger partial charge >= 0.3 is 5.97 Å². The van der Waals surface area contributed by atoms with Crippen LogP contribution in [0.25, 0.3) is 0 Å². The van der Waals surface area contributed by atoms with Gasteiger partial charge in [0.15, 0.2) is 0 Å². The van der Waals surface area contributed by atoms with Crippen molar-refractivity contribution in [1.82, 2.24) is 4.98 Å². The van der Waals surface area contributed by atoms with Gasteiger partial charge in [0.2, 0.25) is 0 Å². The first-order valence-corrected chi connectivity index (χ1v) is 9.50. The van der Waals surface area contributed by atoms with Gasteiger partial charge in [0.25, 0.3) is 5.91 Å². The van der Waals surface area contributed by atoms with Gasteiger partial charge in [-0.1, -0.05) is 25.1 Å². The molecule has 0 saturated heterocycles. The van der Waals surface area contributed by atoms with Crippen molar-refractivity contribution >= 4 is 29.1 Å². The molecule has 1 heterocycles. The van der Waals surface area contributed by atoms with Gasteiger partial charge in [-0.2, -0.15) is 0 Å². The number of amides is 1. The fraction of sp³-hybridized carbons (Fsp3) is 0.174. The van der Waals surface area contributed by atoms with Crippen LogP contribution in [0.2, 0.25) is 0 Å². The van der Waals surface area contributed by atoms with E-state index in [1.54, 1.807) is 43.3 Å². The Morgan fingerprint density at radius 2 is 1.66 bits per heavy atom. The molecule has 0 bridgehead atoms. The van der Waals surface area contributed by atoms with Gasteiger partial charge in [-0.05, 0) is 61.4 Å². The van der Waals surface area contributed by atoms with Crippen molar-refractivity contribution in [3.63, 3.8) is 0 Å². The molecule has 1 aromatic heterocycles. The normalized spacial score (nSPS) is 10.3. The van der Waals surface area contributed by atoms with Crippen LogP contribution < -0.4 is 10.6 Å². The number of benzene rings is 2. The zero-order valence-electron chi connectivity index (χ0n) is 16.4. The molecular formula is C23H23N3O3. The largest absolute Gasteiger partial charge is 0.462 e. The van der Waals surface area contributed by atoms with E-state index in [-0.39, 0.29) is 11.9 Å². The van der Waals surface area contributed by atoms with Crippen LogP contribution in [0.1, 0.15) is 40.1 Å². The highest BCUT2D eigenvalue weighted by Gasteiger charge is 2.10. The number of nitrogens with zero attached hydrogens (tertiary/aromatic N) is 1. The summed E-state index contributed by atoms with van der Waals surface area (Å²) < 4.78 is 4.97. The molecule has 2 aromatic carbocycles. The molecule has 29 heavy (non-hydrogen) atoms. The van der Waals surface area contributed by atoms with Gasteiger partial charge < -0.3 is 15.4 Å². The second-order valence-electron chi connectivity index (χ2n) is 6.32. The van der Waals surface area contributed by atoms with Crippen LogP contribution in [-0.2, 0) is 11.2 Å². The molecule has 0 radical (unpaired) electrons. The van der Waals surface area contributed by atoms with Gasteiger partial charge in [-0.25, -0.2) is 9.78 Å². The van der Waals surface area contributed by atoms with Crippen LogP contribution in [0.15, 0.2) is 66.9 Å². The van der Waals surface area contributed by atoms with Crippen molar-refractivity contribution < 1.29 is 14.3 Å². The summed E-state index contributed by atoms with van der Waals surface area (Å²) in [4.78, 5) is 28.5. The van der Waals surface area contributed by atoms with E-state index in [0.717, 1.165) is 23.4 Å². The lowest BCUT2D eigenvalue weighted by molar-refractivity contribution is 0.0526. The minimum absolute atomic E-state index is 0.205. The standard InChI is InChI=1S/C23H23N3O3/c1-3-16-7-5-6-8-20(16)26-22(27)18-11-14-21(24-15-18)25-19-12-9-17(10-13-19)23(28)29-4-2/h5-15H,3-4H2,1-2H3,(H,24,25)(H,26,27). The fourth-order valence-corrected chi connectivity index (χ4v) is 2.80. The third kappa shape index (κ3) is 5.19. The number of aromatic nitrogens is 1. The molecule has 0 fully saturated rings. The van der Waals surface area contributed by atoms with Gasteiger partial charge in [0.05, 0.1) is 17.7 Å². The third-order valence-corrected chi connectivity index (χ3v) is 4.34. The molecule has 0 spiro atoms. The number of carbonyl (C=O) groups excluding carboxylic acids is 2. The van der Waals surface area contributed by atoms with Crippen LogP contribution in [-0.4, -0.2) is 23.5 Å². The van der Waals surface area contributed by atoms with E-state index in [9.17, 15) is 9.59 Å². The summed E-state index contributed by atoms with van der Waals surface area (Å²) in [5, 5.41) is 6.07. The third-order valence-electron chi connectivity index (χ3n) is 4.34. The molecule has 0 aliphatic carbocycles. The van der Waals surface area contributed by atoms with E-state index in [2.05, 4.69) is 15.6 Å². The molecule has 3 aromatic rings. The molecule has 1 amide bonds. The highest BCUT2D eigenvalue weighted by atomic mass is 16.5. The number of para-hydroxylation sites is 1. The minimum Gasteiger partial charge on any atom is -0.462 e. The maximum absolute atomic E-state index is 12.5. The molecule has 6 nitrogen and oxygen atoms in total. The van der Waals surface area contributed by atoms with E-state index in [1.807, 2.05) is 31.2 Å². The number of hydrogen-bond donors (Lipinski definition) is 2. The number of anilines is 3. The fourth-order valence-electron chi connectivity index (χ4n) is 2.80. The lowest BCUT2D eigenvalue weighted by Crippen LogP contribution is -2.13. The smallest absolute Gasteiger partial charge is 0.338 e. The average molecular weight is 389 g/mol. The van der Waals surface area contributed by atoms with E-state index >= 15 is 0 Å². The van der Waals surface area contributed by atoms with Crippen molar-refractivity contribution in [2.75, 3.05) is 17.2 Å². The quantitative estimate of drug-likeness (QED) is 0.567. The molecule has 0 atom stereocenters. The lowest BCUT2D eigenvalue weighted by atomic mass is 10.1. The molecule has 0 saturated carbocycles. The maximum atomic E-state index is 12.5. The average Bonchev–Trinajstić information content (AvgIpc) is 2.75. The number of rotatable bonds is 7. The van der Waals surface area contributed by atoms with Gasteiger partial charge in [0.1, 0.15) is 5.82 Å². The summed E-state index contributed by atoms with van der Waals surface area (Å²) in [6.07, 6.45) is 2.37. The minimum atomic E-state index is -0.350. The van der Waals surface area contributed by atoms with Gasteiger partial charge in [-0.15, -0.1) is 0 Å². The van der Waals surface area contributed by atoms with Crippen LogP contribution in [0.3, 0.4) is 0 Å². The number of carbonyl (C=O) groups is 2. The Hall–Kier alpha value is -3.67. The second-order valence-corrected chi connectivity index (χ2v) is 6.32. The van der Waals surface area contributed by atoms with Crippen LogP contribution in [0, 0.1) is 0 Å². The Morgan fingerprint density at radius 3 is 2.31 bits per heavy atom. The van der Waals surface area contributed by atoms with Gasteiger partial charge in [0, 0.05) is 17.6 Å². The van der Waals surface area contributed by atoms with E-state index in [0.29, 0.717) is 23.6 Å². The molecule has 0 unspecified atom stereocenters. The van der Waals surface area contributed by atoms with Gasteiger partial charge in [-0.3, -0.25) is 4.79 Å². The monoisotopic (exact) mass is 389 g/mol. The second kappa shape index (κ2) is 9.50. The molecular weight excluding hydrogens is 366 g/mol. The molecule has 148 valence electrons. The van der Waals surface area contributed by atoms with E-state index < -0.39 is 0 Å². The number of hydrogen-bond acceptors (Lipinski definition) is 5. The Balaban J connectivity index is 1.64. The number of nitrogens with one attached hydrogen (secondary N) is 2. The molecule has 0 aliphatic heterocycles. The van der Waals surface area contributed by atoms with E-state index in [4.69, 9.17) is 4.74 Å². The zero-order chi connectivity index (χ0) is 20.6. The predicted molar refractivity (Wildman–Crippen MR) is 114 cm³/mol. The van der Waals surface area contributed by atoms with Crippen LogP contribution >= 0.6 is 0 Å². The summed E-state index contributed by atoms with van der Waals surface area (Å²) in [5.74, 6) is 0.0420. The lowest BCUT2D eigenvalue weighted by Gasteiger charge is -2.10. The molecule has 6 heteroatoms. The zero-order valence-corrected chi connectivity index (χ0v) is 16.4. The first kappa shape index (κ1) is 20.1. The Morgan fingerprint density at radius 1 is 0.931 bits per heavy atom. The molecule has 0 aliphatic rings. The summed E-state index contributed by atoms with van der Waals surface area (Å²) in [5.41, 5.74) is 3.63. The van der Waals surface area contributed by atoms with Crippen LogP contribution in [0.5, 0.6) is 0 Å². The SMILES string of the molecule is CCOC(=O)c1ccc(Nc2ccc(C(=O)Nc3ccccc3CC)cn2)cc1. The van der Waals surface area contributed by atoms with Crippen molar-refractivity contribution in [3.8, 4) is 0 Å². The summed E-state index contributed by atoms with van der Waals surface area (Å²) in [7, 11) is 0.